The van der Waals surface area contributed by atoms with Crippen LogP contribution in [0.15, 0.2) is 218 Å². The molecule has 2 N–H and O–H groups in total. The average molecular weight is 843 g/mol. The van der Waals surface area contributed by atoms with E-state index in [1.165, 1.54) is 32.7 Å². The van der Waals surface area contributed by atoms with Gasteiger partial charge in [-0.05, 0) is 125 Å². The Kier molecular flexibility index (Phi) is 10.5. The van der Waals surface area contributed by atoms with E-state index in [-0.39, 0.29) is 26.4 Å². The number of fused-ring (bicyclic) bond motifs is 5. The van der Waals surface area contributed by atoms with Gasteiger partial charge in [-0.25, -0.2) is 0 Å². The zero-order chi connectivity index (χ0) is 43.7. The second kappa shape index (κ2) is 17.1. The first kappa shape index (κ1) is 40.0. The minimum absolute atomic E-state index is 0.0945. The molecule has 314 valence electrons. The van der Waals surface area contributed by atoms with Crippen molar-refractivity contribution in [1.82, 2.24) is 0 Å². The molecule has 0 saturated carbocycles. The van der Waals surface area contributed by atoms with E-state index in [4.69, 9.17) is 9.47 Å². The highest BCUT2D eigenvalue weighted by Gasteiger charge is 2.48. The Morgan fingerprint density at radius 2 is 0.738 bits per heavy atom. The molecule has 0 amide bonds. The average Bonchev–Trinajstić information content (AvgIpc) is 3.69. The number of benzene rings is 10. The highest BCUT2D eigenvalue weighted by atomic mass is 16.5. The third-order valence-corrected chi connectivity index (χ3v) is 13.0. The van der Waals surface area contributed by atoms with Crippen LogP contribution >= 0.6 is 0 Å². The third kappa shape index (κ3) is 6.95. The molecule has 11 rings (SSSR count). The van der Waals surface area contributed by atoms with Gasteiger partial charge in [-0.3, -0.25) is 0 Å². The third-order valence-electron chi connectivity index (χ3n) is 13.0. The molecule has 1 aliphatic carbocycles. The largest absolute Gasteiger partial charge is 0.491 e. The van der Waals surface area contributed by atoms with Crippen LogP contribution in [0.2, 0.25) is 0 Å². The number of hydrogen-bond acceptors (Lipinski definition) is 4. The summed E-state index contributed by atoms with van der Waals surface area (Å²) in [4.78, 5) is 0. The molecule has 0 atom stereocenters. The molecule has 0 fully saturated rings. The van der Waals surface area contributed by atoms with Crippen molar-refractivity contribution in [2.75, 3.05) is 26.4 Å². The summed E-state index contributed by atoms with van der Waals surface area (Å²) in [6, 6.07) is 78.3. The summed E-state index contributed by atoms with van der Waals surface area (Å²) in [6.07, 6.45) is 0. The van der Waals surface area contributed by atoms with Gasteiger partial charge in [-0.2, -0.15) is 0 Å². The minimum Gasteiger partial charge on any atom is -0.491 e. The van der Waals surface area contributed by atoms with E-state index in [1.807, 2.05) is 12.1 Å². The summed E-state index contributed by atoms with van der Waals surface area (Å²) in [6.45, 7) is 0.164. The van der Waals surface area contributed by atoms with Crippen LogP contribution < -0.4 is 9.47 Å². The van der Waals surface area contributed by atoms with Gasteiger partial charge in [0.05, 0.1) is 18.6 Å². The number of rotatable bonds is 12. The van der Waals surface area contributed by atoms with Gasteiger partial charge in [0, 0.05) is 11.1 Å². The molecule has 0 saturated heterocycles. The molecule has 10 aromatic rings. The van der Waals surface area contributed by atoms with Crippen LogP contribution in [-0.2, 0) is 5.41 Å². The lowest BCUT2D eigenvalue weighted by atomic mass is 9.66. The Bertz CT molecular complexity index is 3130. The molecule has 0 heterocycles. The van der Waals surface area contributed by atoms with Crippen molar-refractivity contribution in [3.8, 4) is 67.1 Å². The fourth-order valence-electron chi connectivity index (χ4n) is 10.2. The monoisotopic (exact) mass is 842 g/mol. The Balaban J connectivity index is 1.29. The number of ether oxygens (including phenoxy) is 2. The minimum atomic E-state index is -0.859. The maximum atomic E-state index is 9.93. The molecule has 0 aliphatic heterocycles. The Morgan fingerprint density at radius 1 is 0.323 bits per heavy atom. The molecule has 0 radical (unpaired) electrons. The first-order chi connectivity index (χ1) is 32.1. The van der Waals surface area contributed by atoms with Gasteiger partial charge in [-0.1, -0.05) is 182 Å². The fraction of sp³-hybridized carbons (Fsp3) is 0.0820. The molecule has 1 aliphatic rings. The number of hydrogen-bond donors (Lipinski definition) is 2. The molecule has 0 bridgehead atoms. The topological polar surface area (TPSA) is 58.9 Å². The Hall–Kier alpha value is -7.76. The SMILES string of the molecule is OCCOc1ccc(C2(c3ccc(OCCO)c(-c4ccccc4)c3)c3cccc(-c4ccc5ccccc5c4)c3-c3c(-c4ccc5ccccc5c4)cccc32)cc1-c1ccccc1. The van der Waals surface area contributed by atoms with E-state index in [9.17, 15) is 10.2 Å². The molecule has 0 spiro atoms. The lowest BCUT2D eigenvalue weighted by Gasteiger charge is -2.35. The molecule has 4 nitrogen and oxygen atoms in total. The zero-order valence-corrected chi connectivity index (χ0v) is 35.8. The van der Waals surface area contributed by atoms with Crippen molar-refractivity contribution >= 4 is 21.5 Å². The van der Waals surface area contributed by atoms with E-state index < -0.39 is 5.41 Å². The molecule has 10 aromatic carbocycles. The van der Waals surface area contributed by atoms with E-state index in [2.05, 4.69) is 206 Å². The van der Waals surface area contributed by atoms with Crippen molar-refractivity contribution < 1.29 is 19.7 Å². The normalized spacial score (nSPS) is 12.5. The van der Waals surface area contributed by atoms with Crippen LogP contribution in [0.4, 0.5) is 0 Å². The second-order valence-electron chi connectivity index (χ2n) is 16.6. The van der Waals surface area contributed by atoms with Crippen LogP contribution in [0, 0.1) is 0 Å². The zero-order valence-electron chi connectivity index (χ0n) is 35.8. The van der Waals surface area contributed by atoms with Crippen molar-refractivity contribution in [3.05, 3.63) is 241 Å². The van der Waals surface area contributed by atoms with Crippen LogP contribution in [0.25, 0.3) is 77.2 Å². The lowest BCUT2D eigenvalue weighted by molar-refractivity contribution is 0.202. The van der Waals surface area contributed by atoms with Gasteiger partial charge < -0.3 is 19.7 Å². The highest BCUT2D eigenvalue weighted by Crippen LogP contribution is 2.61. The van der Waals surface area contributed by atoms with Crippen LogP contribution in [0.5, 0.6) is 11.5 Å². The van der Waals surface area contributed by atoms with Crippen molar-refractivity contribution in [3.63, 3.8) is 0 Å². The summed E-state index contributed by atoms with van der Waals surface area (Å²) in [5.74, 6) is 1.41. The summed E-state index contributed by atoms with van der Waals surface area (Å²) in [5.41, 5.74) is 14.5. The quantitative estimate of drug-likeness (QED) is 0.129. The maximum Gasteiger partial charge on any atom is 0.127 e. The van der Waals surface area contributed by atoms with Gasteiger partial charge in [0.15, 0.2) is 0 Å². The van der Waals surface area contributed by atoms with E-state index in [0.717, 1.165) is 66.8 Å². The molecular formula is C61H46O4. The highest BCUT2D eigenvalue weighted by molar-refractivity contribution is 6.04. The van der Waals surface area contributed by atoms with Gasteiger partial charge in [0.1, 0.15) is 24.7 Å². The second-order valence-corrected chi connectivity index (χ2v) is 16.6. The number of aliphatic hydroxyl groups excluding tert-OH is 2. The summed E-state index contributed by atoms with van der Waals surface area (Å²) >= 11 is 0. The maximum absolute atomic E-state index is 9.93. The smallest absolute Gasteiger partial charge is 0.127 e. The standard InChI is InChI=1S/C61H46O4/c62-33-35-64-57-31-29-49(39-53(57)43-15-3-1-4-16-43)61(50-30-32-58(65-36-34-63)54(40-50)44-17-5-2-6-18-44)55-23-11-21-51(47-27-25-41-13-7-9-19-45(41)37-47)59(55)60-52(22-12-24-56(60)61)48-28-26-42-14-8-10-20-46(42)38-48/h1-32,37-40,62-63H,33-36H2. The molecule has 0 aromatic heterocycles. The van der Waals surface area contributed by atoms with Gasteiger partial charge in [0.25, 0.3) is 0 Å². The first-order valence-corrected chi connectivity index (χ1v) is 22.3. The fourth-order valence-corrected chi connectivity index (χ4v) is 10.2. The van der Waals surface area contributed by atoms with Crippen molar-refractivity contribution in [2.45, 2.75) is 5.41 Å². The van der Waals surface area contributed by atoms with Crippen LogP contribution in [0.3, 0.4) is 0 Å². The number of aliphatic hydroxyl groups is 2. The van der Waals surface area contributed by atoms with Crippen LogP contribution in [0.1, 0.15) is 22.3 Å². The van der Waals surface area contributed by atoms with E-state index in [0.29, 0.717) is 11.5 Å². The molecule has 65 heavy (non-hydrogen) atoms. The predicted octanol–water partition coefficient (Wildman–Crippen LogP) is 13.8. The van der Waals surface area contributed by atoms with Gasteiger partial charge in [0.2, 0.25) is 0 Å². The first-order valence-electron chi connectivity index (χ1n) is 22.3. The van der Waals surface area contributed by atoms with Crippen LogP contribution in [-0.4, -0.2) is 36.6 Å². The van der Waals surface area contributed by atoms with E-state index in [1.54, 1.807) is 0 Å². The molecule has 4 heteroatoms. The van der Waals surface area contributed by atoms with E-state index >= 15 is 0 Å². The Morgan fingerprint density at radius 3 is 1.17 bits per heavy atom. The van der Waals surface area contributed by atoms with Gasteiger partial charge in [-0.15, -0.1) is 0 Å². The molecule has 0 unspecified atom stereocenters. The summed E-state index contributed by atoms with van der Waals surface area (Å²) in [7, 11) is 0. The van der Waals surface area contributed by atoms with Crippen molar-refractivity contribution in [1.29, 1.82) is 0 Å². The van der Waals surface area contributed by atoms with Crippen molar-refractivity contribution in [2.24, 2.45) is 0 Å². The lowest BCUT2D eigenvalue weighted by Crippen LogP contribution is -2.29. The summed E-state index contributed by atoms with van der Waals surface area (Å²) < 4.78 is 12.6. The predicted molar refractivity (Wildman–Crippen MR) is 266 cm³/mol. The Labute approximate surface area is 379 Å². The van der Waals surface area contributed by atoms with Gasteiger partial charge >= 0.3 is 0 Å². The molecular weight excluding hydrogens is 797 g/mol. The summed E-state index contributed by atoms with van der Waals surface area (Å²) in [5, 5.41) is 24.6.